The van der Waals surface area contributed by atoms with E-state index >= 15 is 0 Å². The molecular weight excluding hydrogens is 448 g/mol. The minimum Gasteiger partial charge on any atom is -0.485 e. The molecule has 1 aliphatic rings. The number of hydrogen-bond donors (Lipinski definition) is 1. The van der Waals surface area contributed by atoms with Crippen LogP contribution < -0.4 is 19.9 Å². The number of ether oxygens (including phenoxy) is 1. The molecular formula is C25H32N6O2S. The van der Waals surface area contributed by atoms with Crippen LogP contribution in [0.1, 0.15) is 33.3 Å². The van der Waals surface area contributed by atoms with Gasteiger partial charge in [-0.25, -0.2) is 4.98 Å². The third kappa shape index (κ3) is 5.48. The Balaban J connectivity index is 1.46. The van der Waals surface area contributed by atoms with Gasteiger partial charge in [-0.15, -0.1) is 11.3 Å². The highest BCUT2D eigenvalue weighted by molar-refractivity contribution is 7.10. The molecule has 1 N–H and O–H groups in total. The minimum absolute atomic E-state index is 0.0181. The molecule has 180 valence electrons. The lowest BCUT2D eigenvalue weighted by Gasteiger charge is -2.22. The lowest BCUT2D eigenvalue weighted by molar-refractivity contribution is 0.0754. The Hall–Kier alpha value is -3.17. The normalized spacial score (nSPS) is 14.5. The van der Waals surface area contributed by atoms with Crippen molar-refractivity contribution in [1.82, 2.24) is 20.2 Å². The van der Waals surface area contributed by atoms with Crippen LogP contribution in [0.4, 0.5) is 11.8 Å². The lowest BCUT2D eigenvalue weighted by Crippen LogP contribution is -2.33. The highest BCUT2D eigenvalue weighted by Gasteiger charge is 2.27. The fraction of sp³-hybridized carbons (Fsp3) is 0.400. The Morgan fingerprint density at radius 2 is 2.00 bits per heavy atom. The Labute approximate surface area is 205 Å². The van der Waals surface area contributed by atoms with Crippen molar-refractivity contribution < 1.29 is 9.53 Å². The summed E-state index contributed by atoms with van der Waals surface area (Å²) in [7, 11) is 7.70. The van der Waals surface area contributed by atoms with Crippen LogP contribution in [0.3, 0.4) is 0 Å². The maximum atomic E-state index is 13.3. The molecule has 3 heterocycles. The van der Waals surface area contributed by atoms with Gasteiger partial charge in [-0.3, -0.25) is 4.79 Å². The molecule has 1 atom stereocenters. The van der Waals surface area contributed by atoms with E-state index in [1.54, 1.807) is 17.5 Å². The number of hydrogen-bond acceptors (Lipinski definition) is 8. The van der Waals surface area contributed by atoms with Gasteiger partial charge in [-0.2, -0.15) is 4.98 Å². The quantitative estimate of drug-likeness (QED) is 0.503. The first-order valence-electron chi connectivity index (χ1n) is 11.4. The van der Waals surface area contributed by atoms with E-state index in [4.69, 9.17) is 4.74 Å². The van der Waals surface area contributed by atoms with Crippen molar-refractivity contribution in [2.45, 2.75) is 19.1 Å². The molecule has 0 radical (unpaired) electrons. The number of carbonyl (C=O) groups excluding carboxylic acids is 1. The zero-order valence-electron chi connectivity index (χ0n) is 20.2. The summed E-state index contributed by atoms with van der Waals surface area (Å²) >= 11 is 1.71. The highest BCUT2D eigenvalue weighted by atomic mass is 32.1. The van der Waals surface area contributed by atoms with Gasteiger partial charge in [0.05, 0.1) is 0 Å². The van der Waals surface area contributed by atoms with Crippen LogP contribution in [0.25, 0.3) is 0 Å². The predicted molar refractivity (Wildman–Crippen MR) is 137 cm³/mol. The molecule has 1 amide bonds. The summed E-state index contributed by atoms with van der Waals surface area (Å²) in [5, 5.41) is 5.28. The smallest absolute Gasteiger partial charge is 0.259 e. The number of amides is 1. The summed E-state index contributed by atoms with van der Waals surface area (Å²) < 4.78 is 6.30. The molecule has 0 spiro atoms. The Morgan fingerprint density at radius 3 is 2.68 bits per heavy atom. The fourth-order valence-corrected chi connectivity index (χ4v) is 4.68. The van der Waals surface area contributed by atoms with Crippen molar-refractivity contribution in [2.75, 3.05) is 57.6 Å². The SMILES string of the molecule is CNCCC(Oc1ccc(CN2CCN(C)c3nc(N(C)C)ncc3C2=O)cc1)c1cccs1. The van der Waals surface area contributed by atoms with Crippen LogP contribution in [0.2, 0.25) is 0 Å². The van der Waals surface area contributed by atoms with Crippen molar-refractivity contribution in [2.24, 2.45) is 0 Å². The van der Waals surface area contributed by atoms with Gasteiger partial charge in [0, 0.05) is 58.3 Å². The molecule has 0 saturated carbocycles. The second kappa shape index (κ2) is 10.8. The molecule has 0 aliphatic carbocycles. The number of thiophene rings is 1. The first-order chi connectivity index (χ1) is 16.5. The summed E-state index contributed by atoms with van der Waals surface area (Å²) in [5.74, 6) is 2.05. The third-order valence-electron chi connectivity index (χ3n) is 5.83. The van der Waals surface area contributed by atoms with E-state index in [2.05, 4.69) is 32.8 Å². The summed E-state index contributed by atoms with van der Waals surface area (Å²) in [6, 6.07) is 12.2. The van der Waals surface area contributed by atoms with Gasteiger partial charge in [-0.1, -0.05) is 18.2 Å². The molecule has 1 aliphatic heterocycles. The second-order valence-corrected chi connectivity index (χ2v) is 9.59. The maximum absolute atomic E-state index is 13.3. The number of benzene rings is 1. The van der Waals surface area contributed by atoms with Gasteiger partial charge in [0.1, 0.15) is 23.2 Å². The van der Waals surface area contributed by atoms with Gasteiger partial charge in [0.25, 0.3) is 5.91 Å². The average molecular weight is 481 g/mol. The van der Waals surface area contributed by atoms with E-state index in [1.165, 1.54) is 4.88 Å². The molecule has 34 heavy (non-hydrogen) atoms. The van der Waals surface area contributed by atoms with E-state index in [9.17, 15) is 4.79 Å². The number of aromatic nitrogens is 2. The first kappa shape index (κ1) is 24.0. The van der Waals surface area contributed by atoms with Gasteiger partial charge in [-0.05, 0) is 42.7 Å². The summed E-state index contributed by atoms with van der Waals surface area (Å²) in [4.78, 5) is 29.2. The molecule has 9 heteroatoms. The van der Waals surface area contributed by atoms with Crippen molar-refractivity contribution in [3.63, 3.8) is 0 Å². The van der Waals surface area contributed by atoms with Crippen molar-refractivity contribution in [3.8, 4) is 5.75 Å². The summed E-state index contributed by atoms with van der Waals surface area (Å²) in [6.07, 6.45) is 2.55. The molecule has 0 saturated heterocycles. The van der Waals surface area contributed by atoms with Gasteiger partial charge < -0.3 is 24.8 Å². The van der Waals surface area contributed by atoms with E-state index in [0.717, 1.165) is 24.3 Å². The molecule has 0 fully saturated rings. The summed E-state index contributed by atoms with van der Waals surface area (Å²) in [5.41, 5.74) is 1.59. The number of carbonyl (C=O) groups is 1. The predicted octanol–water partition coefficient (Wildman–Crippen LogP) is 3.43. The zero-order valence-corrected chi connectivity index (χ0v) is 21.0. The van der Waals surface area contributed by atoms with Gasteiger partial charge in [0.15, 0.2) is 0 Å². The highest BCUT2D eigenvalue weighted by Crippen LogP contribution is 2.29. The van der Waals surface area contributed by atoms with Gasteiger partial charge in [0.2, 0.25) is 5.95 Å². The van der Waals surface area contributed by atoms with Crippen LogP contribution in [0.15, 0.2) is 48.0 Å². The monoisotopic (exact) mass is 480 g/mol. The zero-order chi connectivity index (χ0) is 24.1. The van der Waals surface area contributed by atoms with E-state index < -0.39 is 0 Å². The number of nitrogens with one attached hydrogen (secondary N) is 1. The minimum atomic E-state index is -0.0465. The number of nitrogens with zero attached hydrogens (tertiary/aromatic N) is 5. The lowest BCUT2D eigenvalue weighted by atomic mass is 10.1. The summed E-state index contributed by atoms with van der Waals surface area (Å²) in [6.45, 7) is 2.73. The fourth-order valence-electron chi connectivity index (χ4n) is 3.89. The second-order valence-electron chi connectivity index (χ2n) is 8.61. The maximum Gasteiger partial charge on any atom is 0.259 e. The van der Waals surface area contributed by atoms with Gasteiger partial charge >= 0.3 is 0 Å². The number of fused-ring (bicyclic) bond motifs is 1. The molecule has 1 aromatic carbocycles. The van der Waals surface area contributed by atoms with Crippen LogP contribution >= 0.6 is 11.3 Å². The van der Waals surface area contributed by atoms with E-state index in [0.29, 0.717) is 37.0 Å². The number of rotatable bonds is 9. The van der Waals surface area contributed by atoms with E-state index in [1.807, 2.05) is 67.2 Å². The third-order valence-corrected chi connectivity index (χ3v) is 6.80. The molecule has 0 bridgehead atoms. The molecule has 8 nitrogen and oxygen atoms in total. The van der Waals surface area contributed by atoms with Crippen LogP contribution in [-0.4, -0.2) is 68.6 Å². The van der Waals surface area contributed by atoms with Crippen molar-refractivity contribution >= 4 is 29.0 Å². The Kier molecular flexibility index (Phi) is 7.64. The standard InChI is InChI=1S/C25H32N6O2S/c1-26-12-11-21(22-6-5-15-34-22)33-19-9-7-18(8-10-19)17-31-14-13-30(4)23-20(24(31)32)16-27-25(28-23)29(2)3/h5-10,15-16,21,26H,11-14,17H2,1-4H3. The van der Waals surface area contributed by atoms with Crippen LogP contribution in [0, 0.1) is 0 Å². The average Bonchev–Trinajstić information content (AvgIpc) is 3.35. The topological polar surface area (TPSA) is 73.8 Å². The Morgan fingerprint density at radius 1 is 1.21 bits per heavy atom. The van der Waals surface area contributed by atoms with Crippen molar-refractivity contribution in [3.05, 3.63) is 64.0 Å². The molecule has 1 unspecified atom stereocenters. The Bertz CT molecular complexity index is 1090. The number of likely N-dealkylation sites (N-methyl/N-ethyl adjacent to an activating group) is 1. The van der Waals surface area contributed by atoms with Crippen LogP contribution in [0.5, 0.6) is 5.75 Å². The number of anilines is 2. The van der Waals surface area contributed by atoms with E-state index in [-0.39, 0.29) is 12.0 Å². The van der Waals surface area contributed by atoms with Crippen LogP contribution in [-0.2, 0) is 6.54 Å². The molecule has 2 aromatic heterocycles. The first-order valence-corrected chi connectivity index (χ1v) is 12.3. The largest absolute Gasteiger partial charge is 0.485 e. The molecule has 3 aromatic rings. The molecule has 4 rings (SSSR count). The van der Waals surface area contributed by atoms with Crippen molar-refractivity contribution in [1.29, 1.82) is 0 Å².